The van der Waals surface area contributed by atoms with Gasteiger partial charge in [-0.15, -0.1) is 11.3 Å². The number of fused-ring (bicyclic) bond motifs is 1. The van der Waals surface area contributed by atoms with E-state index in [1.165, 1.54) is 11.2 Å². The molecule has 0 aliphatic carbocycles. The van der Waals surface area contributed by atoms with Gasteiger partial charge in [0.05, 0.1) is 11.3 Å². The van der Waals surface area contributed by atoms with Crippen LogP contribution in [0.4, 0.5) is 5.82 Å². The van der Waals surface area contributed by atoms with E-state index in [2.05, 4.69) is 28.3 Å². The van der Waals surface area contributed by atoms with Gasteiger partial charge in [0.15, 0.2) is 0 Å². The summed E-state index contributed by atoms with van der Waals surface area (Å²) in [7, 11) is 0. The van der Waals surface area contributed by atoms with Crippen molar-refractivity contribution in [1.29, 1.82) is 0 Å². The van der Waals surface area contributed by atoms with E-state index in [9.17, 15) is 9.90 Å². The fourth-order valence-corrected chi connectivity index (χ4v) is 3.22. The molecule has 2 aromatic rings. The number of rotatable bonds is 7. The Labute approximate surface area is 128 Å². The number of hydrogen-bond donors (Lipinski definition) is 2. The molecule has 0 bridgehead atoms. The van der Waals surface area contributed by atoms with E-state index in [1.54, 1.807) is 11.3 Å². The minimum absolute atomic E-state index is 0.353. The van der Waals surface area contributed by atoms with Crippen LogP contribution in [0.3, 0.4) is 0 Å². The zero-order chi connectivity index (χ0) is 15.4. The van der Waals surface area contributed by atoms with Crippen LogP contribution in [-0.4, -0.2) is 27.6 Å². The number of carboxylic acids is 1. The van der Waals surface area contributed by atoms with E-state index in [4.69, 9.17) is 0 Å². The van der Waals surface area contributed by atoms with Crippen molar-refractivity contribution in [3.8, 4) is 0 Å². The van der Waals surface area contributed by atoms with E-state index < -0.39 is 11.9 Å². The van der Waals surface area contributed by atoms with Gasteiger partial charge < -0.3 is 10.4 Å². The summed E-state index contributed by atoms with van der Waals surface area (Å²) in [5, 5.41) is 13.5. The average molecular weight is 307 g/mol. The molecule has 0 amide bonds. The largest absolute Gasteiger partial charge is 0.481 e. The lowest BCUT2D eigenvalue weighted by atomic mass is 9.97. The van der Waals surface area contributed by atoms with Crippen LogP contribution in [0.25, 0.3) is 10.2 Å². The van der Waals surface area contributed by atoms with Gasteiger partial charge in [0, 0.05) is 11.4 Å². The molecule has 0 aromatic carbocycles. The molecule has 6 heteroatoms. The predicted molar refractivity (Wildman–Crippen MR) is 85.9 cm³/mol. The van der Waals surface area contributed by atoms with Gasteiger partial charge in [-0.2, -0.15) is 0 Å². The maximum absolute atomic E-state index is 11.3. The first-order chi connectivity index (χ1) is 10.0. The lowest BCUT2D eigenvalue weighted by Crippen LogP contribution is -2.24. The second kappa shape index (κ2) is 6.85. The lowest BCUT2D eigenvalue weighted by molar-refractivity contribution is -0.141. The molecule has 0 saturated heterocycles. The highest BCUT2D eigenvalue weighted by atomic mass is 32.1. The van der Waals surface area contributed by atoms with Crippen molar-refractivity contribution in [2.45, 2.75) is 33.6 Å². The summed E-state index contributed by atoms with van der Waals surface area (Å²) in [5.74, 6) is -0.0857. The van der Waals surface area contributed by atoms with Gasteiger partial charge in [-0.3, -0.25) is 4.79 Å². The summed E-state index contributed by atoms with van der Waals surface area (Å²) in [6, 6.07) is 2.08. The summed E-state index contributed by atoms with van der Waals surface area (Å²) >= 11 is 1.66. The molecule has 1 unspecified atom stereocenters. The van der Waals surface area contributed by atoms with Gasteiger partial charge in [0.25, 0.3) is 0 Å². The molecular weight excluding hydrogens is 286 g/mol. The number of aryl methyl sites for hydroxylation is 1. The number of anilines is 1. The van der Waals surface area contributed by atoms with Crippen LogP contribution in [-0.2, 0) is 11.2 Å². The van der Waals surface area contributed by atoms with Gasteiger partial charge in [-0.05, 0) is 24.8 Å². The number of carboxylic acid groups (broad SMARTS) is 1. The fraction of sp³-hybridized carbons (Fsp3) is 0.533. The molecule has 0 aliphatic heterocycles. The van der Waals surface area contributed by atoms with Gasteiger partial charge in [-0.1, -0.05) is 20.8 Å². The molecule has 2 rings (SSSR count). The summed E-state index contributed by atoms with van der Waals surface area (Å²) in [6.45, 7) is 6.56. The number of hydrogen-bond acceptors (Lipinski definition) is 5. The van der Waals surface area contributed by atoms with Crippen molar-refractivity contribution in [3.63, 3.8) is 0 Å². The molecule has 21 heavy (non-hydrogen) atoms. The molecular formula is C15H21N3O2S. The van der Waals surface area contributed by atoms with Crippen LogP contribution in [0.1, 0.15) is 32.1 Å². The number of carbonyl (C=O) groups is 1. The number of aromatic nitrogens is 2. The third-order valence-electron chi connectivity index (χ3n) is 3.35. The molecule has 0 fully saturated rings. The topological polar surface area (TPSA) is 75.1 Å². The minimum Gasteiger partial charge on any atom is -0.481 e. The highest BCUT2D eigenvalue weighted by molar-refractivity contribution is 7.18. The number of aliphatic carboxylic acids is 1. The maximum atomic E-state index is 11.3. The van der Waals surface area contributed by atoms with Crippen LogP contribution in [0.5, 0.6) is 0 Å². The Kier molecular flexibility index (Phi) is 5.12. The summed E-state index contributed by atoms with van der Waals surface area (Å²) in [4.78, 5) is 22.0. The number of thiophene rings is 1. The van der Waals surface area contributed by atoms with Crippen molar-refractivity contribution in [2.24, 2.45) is 11.8 Å². The quantitative estimate of drug-likeness (QED) is 0.820. The van der Waals surface area contributed by atoms with Gasteiger partial charge in [-0.25, -0.2) is 9.97 Å². The molecule has 0 spiro atoms. The van der Waals surface area contributed by atoms with Crippen molar-refractivity contribution in [1.82, 2.24) is 9.97 Å². The summed E-state index contributed by atoms with van der Waals surface area (Å²) in [5.41, 5.74) is 0. The predicted octanol–water partition coefficient (Wildman–Crippen LogP) is 3.41. The molecule has 0 radical (unpaired) electrons. The standard InChI is InChI=1S/C15H21N3O2S/c1-4-11-6-12-13(17-8-18-14(12)21-11)16-7-10(15(19)20)5-9(2)3/h6,8-10H,4-5,7H2,1-3H3,(H,19,20)(H,16,17,18). The van der Waals surface area contributed by atoms with E-state index in [0.717, 1.165) is 22.5 Å². The third kappa shape index (κ3) is 3.91. The highest BCUT2D eigenvalue weighted by Crippen LogP contribution is 2.28. The normalized spacial score (nSPS) is 12.8. The van der Waals surface area contributed by atoms with Gasteiger partial charge >= 0.3 is 5.97 Å². The van der Waals surface area contributed by atoms with Gasteiger partial charge in [0.2, 0.25) is 0 Å². The Morgan fingerprint density at radius 2 is 2.19 bits per heavy atom. The zero-order valence-electron chi connectivity index (χ0n) is 12.6. The lowest BCUT2D eigenvalue weighted by Gasteiger charge is -2.15. The Morgan fingerprint density at radius 1 is 1.43 bits per heavy atom. The summed E-state index contributed by atoms with van der Waals surface area (Å²) in [6.07, 6.45) is 3.14. The molecule has 114 valence electrons. The Bertz CT molecular complexity index is 624. The molecule has 1 atom stereocenters. The first-order valence-corrected chi connectivity index (χ1v) is 8.03. The first kappa shape index (κ1) is 15.7. The SMILES string of the molecule is CCc1cc2c(NCC(CC(C)C)C(=O)O)ncnc2s1. The first-order valence-electron chi connectivity index (χ1n) is 7.21. The molecule has 2 N–H and O–H groups in total. The van der Waals surface area contributed by atoms with Crippen LogP contribution >= 0.6 is 11.3 Å². The fourth-order valence-electron chi connectivity index (χ4n) is 2.28. The highest BCUT2D eigenvalue weighted by Gasteiger charge is 2.19. The van der Waals surface area contributed by atoms with Crippen molar-refractivity contribution >= 4 is 33.3 Å². The second-order valence-electron chi connectivity index (χ2n) is 5.55. The van der Waals surface area contributed by atoms with E-state index >= 15 is 0 Å². The maximum Gasteiger partial charge on any atom is 0.308 e. The summed E-state index contributed by atoms with van der Waals surface area (Å²) < 4.78 is 0. The molecule has 0 aliphatic rings. The molecule has 0 saturated carbocycles. The Morgan fingerprint density at radius 3 is 2.81 bits per heavy atom. The van der Waals surface area contributed by atoms with E-state index in [0.29, 0.717) is 18.9 Å². The van der Waals surface area contributed by atoms with Crippen LogP contribution in [0, 0.1) is 11.8 Å². The number of nitrogens with one attached hydrogen (secondary N) is 1. The Balaban J connectivity index is 2.15. The van der Waals surface area contributed by atoms with Crippen molar-refractivity contribution in [2.75, 3.05) is 11.9 Å². The Hall–Kier alpha value is -1.69. The van der Waals surface area contributed by atoms with Crippen LogP contribution in [0.15, 0.2) is 12.4 Å². The monoisotopic (exact) mass is 307 g/mol. The second-order valence-corrected chi connectivity index (χ2v) is 6.67. The van der Waals surface area contributed by atoms with Gasteiger partial charge in [0.1, 0.15) is 17.0 Å². The van der Waals surface area contributed by atoms with Crippen LogP contribution in [0.2, 0.25) is 0 Å². The molecule has 5 nitrogen and oxygen atoms in total. The van der Waals surface area contributed by atoms with E-state index in [-0.39, 0.29) is 0 Å². The zero-order valence-corrected chi connectivity index (χ0v) is 13.4. The molecule has 2 heterocycles. The van der Waals surface area contributed by atoms with Crippen molar-refractivity contribution in [3.05, 3.63) is 17.3 Å². The minimum atomic E-state index is -0.763. The van der Waals surface area contributed by atoms with Crippen molar-refractivity contribution < 1.29 is 9.90 Å². The number of nitrogens with zero attached hydrogens (tertiary/aromatic N) is 2. The van der Waals surface area contributed by atoms with E-state index in [1.807, 2.05) is 13.8 Å². The smallest absolute Gasteiger partial charge is 0.308 e. The molecule has 2 aromatic heterocycles. The average Bonchev–Trinajstić information content (AvgIpc) is 2.86. The third-order valence-corrected chi connectivity index (χ3v) is 4.54. The van der Waals surface area contributed by atoms with Crippen LogP contribution < -0.4 is 5.32 Å².